The molecular formula is C7H3BrClFO2. The fourth-order valence-corrected chi connectivity index (χ4v) is 1.47. The molecule has 0 fully saturated rings. The fraction of sp³-hybridized carbons (Fsp3) is 0. The zero-order chi connectivity index (χ0) is 9.30. The molecule has 1 aromatic rings. The first-order valence-electron chi connectivity index (χ1n) is 2.91. The van der Waals surface area contributed by atoms with Gasteiger partial charge in [-0.15, -0.1) is 0 Å². The summed E-state index contributed by atoms with van der Waals surface area (Å²) in [6.07, 6.45) is 0. The standard InChI is InChI=1S/C7H3BrClFO2/c8-5-3(7(9)12)1-2-4(10)6(5)11/h1-2,11H. The van der Waals surface area contributed by atoms with E-state index < -0.39 is 16.8 Å². The molecule has 0 saturated carbocycles. The zero-order valence-corrected chi connectivity index (χ0v) is 7.99. The molecule has 5 heteroatoms. The summed E-state index contributed by atoms with van der Waals surface area (Å²) in [7, 11) is 0. The maximum Gasteiger partial charge on any atom is 0.253 e. The second-order valence-corrected chi connectivity index (χ2v) is 3.17. The highest BCUT2D eigenvalue weighted by Crippen LogP contribution is 2.30. The molecule has 0 radical (unpaired) electrons. The van der Waals surface area contributed by atoms with Gasteiger partial charge in [-0.25, -0.2) is 4.39 Å². The molecule has 0 aliphatic rings. The van der Waals surface area contributed by atoms with Gasteiger partial charge in [0.1, 0.15) is 0 Å². The minimum Gasteiger partial charge on any atom is -0.504 e. The van der Waals surface area contributed by atoms with Crippen molar-refractivity contribution in [2.45, 2.75) is 0 Å². The number of carbonyl (C=O) groups is 1. The number of hydrogen-bond acceptors (Lipinski definition) is 2. The number of halogens is 3. The molecule has 0 amide bonds. The lowest BCUT2D eigenvalue weighted by Crippen LogP contribution is -1.92. The Morgan fingerprint density at radius 2 is 2.17 bits per heavy atom. The van der Waals surface area contributed by atoms with Crippen LogP contribution in [0, 0.1) is 5.82 Å². The minimum atomic E-state index is -0.802. The lowest BCUT2D eigenvalue weighted by Gasteiger charge is -2.01. The summed E-state index contributed by atoms with van der Waals surface area (Å²) in [5, 5.41) is 8.25. The van der Waals surface area contributed by atoms with Crippen molar-refractivity contribution in [1.29, 1.82) is 0 Å². The molecule has 64 valence electrons. The van der Waals surface area contributed by atoms with Gasteiger partial charge in [0.2, 0.25) is 0 Å². The van der Waals surface area contributed by atoms with E-state index in [1.54, 1.807) is 0 Å². The average Bonchev–Trinajstić information content (AvgIpc) is 2.00. The fourth-order valence-electron chi connectivity index (χ4n) is 0.693. The van der Waals surface area contributed by atoms with Gasteiger partial charge >= 0.3 is 0 Å². The van der Waals surface area contributed by atoms with Gasteiger partial charge in [0.15, 0.2) is 11.6 Å². The molecular weight excluding hydrogens is 250 g/mol. The molecule has 0 aromatic heterocycles. The molecule has 0 unspecified atom stereocenters. The van der Waals surface area contributed by atoms with Crippen LogP contribution in [0.2, 0.25) is 0 Å². The van der Waals surface area contributed by atoms with Gasteiger partial charge in [-0.1, -0.05) is 0 Å². The summed E-state index contributed by atoms with van der Waals surface area (Å²) in [6, 6.07) is 2.16. The highest BCUT2D eigenvalue weighted by molar-refractivity contribution is 9.10. The Balaban J connectivity index is 3.36. The first-order valence-corrected chi connectivity index (χ1v) is 4.08. The number of phenols is 1. The van der Waals surface area contributed by atoms with Gasteiger partial charge in [-0.05, 0) is 39.7 Å². The monoisotopic (exact) mass is 252 g/mol. The number of phenolic OH excluding ortho intramolecular Hbond substituents is 1. The Hall–Kier alpha value is -0.610. The molecule has 1 aromatic carbocycles. The maximum absolute atomic E-state index is 12.6. The van der Waals surface area contributed by atoms with Crippen LogP contribution in [0.5, 0.6) is 5.75 Å². The number of carbonyl (C=O) groups excluding carboxylic acids is 1. The predicted molar refractivity (Wildman–Crippen MR) is 45.9 cm³/mol. The van der Waals surface area contributed by atoms with Crippen LogP contribution in [-0.2, 0) is 0 Å². The van der Waals surface area contributed by atoms with E-state index in [1.165, 1.54) is 6.07 Å². The van der Waals surface area contributed by atoms with Crippen LogP contribution >= 0.6 is 27.5 Å². The number of aromatic hydroxyl groups is 1. The molecule has 0 saturated heterocycles. The van der Waals surface area contributed by atoms with Crippen molar-refractivity contribution in [2.75, 3.05) is 0 Å². The Morgan fingerprint density at radius 1 is 1.58 bits per heavy atom. The topological polar surface area (TPSA) is 37.3 Å². The van der Waals surface area contributed by atoms with Crippen LogP contribution in [0.25, 0.3) is 0 Å². The molecule has 0 aliphatic heterocycles. The summed E-state index contributed by atoms with van der Waals surface area (Å²) in [5.74, 6) is -1.41. The van der Waals surface area contributed by atoms with Crippen LogP contribution in [0.3, 0.4) is 0 Å². The first-order chi connectivity index (χ1) is 5.54. The van der Waals surface area contributed by atoms with Crippen molar-refractivity contribution in [2.24, 2.45) is 0 Å². The largest absolute Gasteiger partial charge is 0.504 e. The average molecular weight is 253 g/mol. The Kier molecular flexibility index (Phi) is 2.69. The van der Waals surface area contributed by atoms with Crippen molar-refractivity contribution in [3.05, 3.63) is 28.0 Å². The smallest absolute Gasteiger partial charge is 0.253 e. The van der Waals surface area contributed by atoms with Crippen molar-refractivity contribution in [3.8, 4) is 5.75 Å². The lowest BCUT2D eigenvalue weighted by atomic mass is 10.2. The van der Waals surface area contributed by atoms with Crippen LogP contribution in [0.1, 0.15) is 10.4 Å². The van der Waals surface area contributed by atoms with Crippen LogP contribution in [0.4, 0.5) is 4.39 Å². The van der Waals surface area contributed by atoms with E-state index in [2.05, 4.69) is 15.9 Å². The van der Waals surface area contributed by atoms with Crippen molar-refractivity contribution >= 4 is 32.8 Å². The summed E-state index contributed by atoms with van der Waals surface area (Å²) in [6.45, 7) is 0. The third-order valence-corrected chi connectivity index (χ3v) is 2.29. The van der Waals surface area contributed by atoms with Crippen molar-refractivity contribution < 1.29 is 14.3 Å². The van der Waals surface area contributed by atoms with E-state index in [9.17, 15) is 9.18 Å². The van der Waals surface area contributed by atoms with E-state index in [-0.39, 0.29) is 10.0 Å². The van der Waals surface area contributed by atoms with Gasteiger partial charge in [0.05, 0.1) is 10.0 Å². The second-order valence-electron chi connectivity index (χ2n) is 2.03. The highest BCUT2D eigenvalue weighted by atomic mass is 79.9. The summed E-state index contributed by atoms with van der Waals surface area (Å²) in [4.78, 5) is 10.6. The molecule has 0 aliphatic carbocycles. The second kappa shape index (κ2) is 3.41. The quantitative estimate of drug-likeness (QED) is 0.781. The van der Waals surface area contributed by atoms with Crippen molar-refractivity contribution in [3.63, 3.8) is 0 Å². The minimum absolute atomic E-state index is 0.0255. The molecule has 0 heterocycles. The van der Waals surface area contributed by atoms with E-state index in [4.69, 9.17) is 16.7 Å². The molecule has 0 bridgehead atoms. The Bertz CT molecular complexity index is 340. The SMILES string of the molecule is O=C(Cl)c1ccc(F)c(O)c1Br. The van der Waals surface area contributed by atoms with Gasteiger partial charge in [0, 0.05) is 0 Å². The summed E-state index contributed by atoms with van der Waals surface area (Å²) < 4.78 is 12.6. The van der Waals surface area contributed by atoms with Crippen molar-refractivity contribution in [1.82, 2.24) is 0 Å². The predicted octanol–water partition coefficient (Wildman–Crippen LogP) is 2.67. The molecule has 1 rings (SSSR count). The number of benzene rings is 1. The number of hydrogen-bond donors (Lipinski definition) is 1. The number of rotatable bonds is 1. The van der Waals surface area contributed by atoms with E-state index in [1.807, 2.05) is 0 Å². The van der Waals surface area contributed by atoms with E-state index in [0.717, 1.165) is 6.07 Å². The first kappa shape index (κ1) is 9.48. The Labute approximate surface area is 81.1 Å². The Morgan fingerprint density at radius 3 is 2.67 bits per heavy atom. The summed E-state index contributed by atoms with van der Waals surface area (Å²) in [5.41, 5.74) is 0.0376. The molecule has 0 spiro atoms. The van der Waals surface area contributed by atoms with Crippen LogP contribution in [0.15, 0.2) is 16.6 Å². The molecule has 0 atom stereocenters. The summed E-state index contributed by atoms with van der Waals surface area (Å²) >= 11 is 7.97. The van der Waals surface area contributed by atoms with Gasteiger partial charge in [-0.3, -0.25) is 4.79 Å². The van der Waals surface area contributed by atoms with Gasteiger partial charge in [0.25, 0.3) is 5.24 Å². The normalized spacial score (nSPS) is 9.92. The lowest BCUT2D eigenvalue weighted by molar-refractivity contribution is 0.108. The van der Waals surface area contributed by atoms with Gasteiger partial charge < -0.3 is 5.11 Å². The molecule has 2 nitrogen and oxygen atoms in total. The zero-order valence-electron chi connectivity index (χ0n) is 5.64. The van der Waals surface area contributed by atoms with E-state index >= 15 is 0 Å². The molecule has 1 N–H and O–H groups in total. The van der Waals surface area contributed by atoms with Crippen LogP contribution < -0.4 is 0 Å². The van der Waals surface area contributed by atoms with E-state index in [0.29, 0.717) is 0 Å². The maximum atomic E-state index is 12.6. The van der Waals surface area contributed by atoms with Crippen LogP contribution in [-0.4, -0.2) is 10.3 Å². The third-order valence-electron chi connectivity index (χ3n) is 1.28. The third kappa shape index (κ3) is 1.59. The highest BCUT2D eigenvalue weighted by Gasteiger charge is 2.13. The molecule has 12 heavy (non-hydrogen) atoms. The van der Waals surface area contributed by atoms with Gasteiger partial charge in [-0.2, -0.15) is 0 Å².